The van der Waals surface area contributed by atoms with Crippen molar-refractivity contribution in [3.8, 4) is 0 Å². The Morgan fingerprint density at radius 2 is 2.00 bits per heavy atom. The van der Waals surface area contributed by atoms with Crippen molar-refractivity contribution in [2.24, 2.45) is 0 Å². The first-order valence-corrected chi connectivity index (χ1v) is 6.33. The molecule has 2 fully saturated rings. The first-order chi connectivity index (χ1) is 8.06. The maximum absolute atomic E-state index is 11.7. The largest absolute Gasteiger partial charge is 0.480 e. The normalized spacial score (nSPS) is 36.9. The second kappa shape index (κ2) is 4.92. The van der Waals surface area contributed by atoms with Gasteiger partial charge >= 0.3 is 5.97 Å². The number of likely N-dealkylation sites (tertiary alicyclic amines) is 1. The molecule has 0 spiro atoms. The molecule has 2 unspecified atom stereocenters. The fourth-order valence-corrected chi connectivity index (χ4v) is 2.94. The van der Waals surface area contributed by atoms with Crippen LogP contribution in [0.2, 0.25) is 0 Å². The summed E-state index contributed by atoms with van der Waals surface area (Å²) in [6.07, 6.45) is 1.42. The van der Waals surface area contributed by atoms with Gasteiger partial charge in [0, 0.05) is 25.7 Å². The summed E-state index contributed by atoms with van der Waals surface area (Å²) in [5, 5.41) is 9.64. The van der Waals surface area contributed by atoms with Crippen LogP contribution in [0.3, 0.4) is 0 Å². The summed E-state index contributed by atoms with van der Waals surface area (Å²) in [4.78, 5) is 16.1. The number of aliphatic carboxylic acids is 1. The van der Waals surface area contributed by atoms with Crippen LogP contribution in [0.25, 0.3) is 0 Å². The molecule has 5 heteroatoms. The average Bonchev–Trinajstić information content (AvgIpc) is 2.33. The molecule has 0 amide bonds. The van der Waals surface area contributed by atoms with Crippen LogP contribution >= 0.6 is 0 Å². The lowest BCUT2D eigenvalue weighted by Crippen LogP contribution is -2.63. The predicted octanol–water partition coefficient (Wildman–Crippen LogP) is 0.256. The maximum atomic E-state index is 11.7. The van der Waals surface area contributed by atoms with Crippen molar-refractivity contribution in [3.05, 3.63) is 0 Å². The van der Waals surface area contributed by atoms with E-state index in [1.165, 1.54) is 0 Å². The number of carboxylic acids is 1. The highest BCUT2D eigenvalue weighted by molar-refractivity contribution is 5.79. The van der Waals surface area contributed by atoms with Gasteiger partial charge in [-0.3, -0.25) is 9.69 Å². The van der Waals surface area contributed by atoms with E-state index in [4.69, 9.17) is 4.74 Å². The zero-order chi connectivity index (χ0) is 12.5. The Labute approximate surface area is 102 Å². The highest BCUT2D eigenvalue weighted by atomic mass is 16.5. The van der Waals surface area contributed by atoms with Crippen LogP contribution < -0.4 is 0 Å². The van der Waals surface area contributed by atoms with Crippen LogP contribution in [0.5, 0.6) is 0 Å². The lowest BCUT2D eigenvalue weighted by atomic mass is 9.82. The van der Waals surface area contributed by atoms with Gasteiger partial charge in [-0.25, -0.2) is 0 Å². The highest BCUT2D eigenvalue weighted by Crippen LogP contribution is 2.32. The van der Waals surface area contributed by atoms with Crippen molar-refractivity contribution in [2.45, 2.75) is 31.3 Å². The smallest absolute Gasteiger partial charge is 0.324 e. The summed E-state index contributed by atoms with van der Waals surface area (Å²) >= 11 is 0. The first-order valence-electron chi connectivity index (χ1n) is 6.33. The van der Waals surface area contributed by atoms with Crippen LogP contribution in [0.15, 0.2) is 0 Å². The fraction of sp³-hybridized carbons (Fsp3) is 0.917. The van der Waals surface area contributed by atoms with Gasteiger partial charge < -0.3 is 14.7 Å². The molecule has 2 heterocycles. The molecule has 0 aliphatic carbocycles. The van der Waals surface area contributed by atoms with Crippen LogP contribution in [-0.4, -0.2) is 72.4 Å². The molecule has 0 aromatic heterocycles. The third-order valence-corrected chi connectivity index (χ3v) is 4.28. The molecule has 2 rings (SSSR count). The molecule has 1 N–H and O–H groups in total. The number of piperidine rings is 1. The maximum Gasteiger partial charge on any atom is 0.324 e. The van der Waals surface area contributed by atoms with Gasteiger partial charge in [0.1, 0.15) is 5.54 Å². The summed E-state index contributed by atoms with van der Waals surface area (Å²) in [5.41, 5.74) is -0.671. The SMILES string of the molecule is CC1CC(C(=O)O)(N2CCOCC2)CCN1C. The monoisotopic (exact) mass is 242 g/mol. The van der Waals surface area contributed by atoms with Crippen molar-refractivity contribution in [1.82, 2.24) is 9.80 Å². The Hall–Kier alpha value is -0.650. The molecule has 2 atom stereocenters. The molecule has 0 bridgehead atoms. The van der Waals surface area contributed by atoms with Crippen molar-refractivity contribution in [1.29, 1.82) is 0 Å². The highest BCUT2D eigenvalue weighted by Gasteiger charge is 2.48. The number of rotatable bonds is 2. The summed E-state index contributed by atoms with van der Waals surface area (Å²) < 4.78 is 5.32. The van der Waals surface area contributed by atoms with Crippen molar-refractivity contribution < 1.29 is 14.6 Å². The van der Waals surface area contributed by atoms with E-state index in [9.17, 15) is 9.90 Å². The van der Waals surface area contributed by atoms with E-state index in [1.54, 1.807) is 0 Å². The minimum absolute atomic E-state index is 0.322. The number of carboxylic acid groups (broad SMARTS) is 1. The average molecular weight is 242 g/mol. The Bertz CT molecular complexity index is 291. The number of hydrogen-bond donors (Lipinski definition) is 1. The molecular weight excluding hydrogens is 220 g/mol. The third kappa shape index (κ3) is 2.32. The van der Waals surface area contributed by atoms with Gasteiger partial charge in [0.05, 0.1) is 13.2 Å². The number of carbonyl (C=O) groups is 1. The zero-order valence-electron chi connectivity index (χ0n) is 10.7. The number of ether oxygens (including phenoxy) is 1. The summed E-state index contributed by atoms with van der Waals surface area (Å²) in [5.74, 6) is -0.667. The number of nitrogens with zero attached hydrogens (tertiary/aromatic N) is 2. The quantitative estimate of drug-likeness (QED) is 0.752. The summed E-state index contributed by atoms with van der Waals surface area (Å²) in [6, 6.07) is 0.322. The molecule has 2 aliphatic heterocycles. The Morgan fingerprint density at radius 3 is 2.53 bits per heavy atom. The standard InChI is InChI=1S/C12H22N2O3/c1-10-9-12(11(15)16,3-4-13(10)2)14-5-7-17-8-6-14/h10H,3-9H2,1-2H3,(H,15,16). The second-order valence-corrected chi connectivity index (χ2v) is 5.22. The van der Waals surface area contributed by atoms with Crippen molar-refractivity contribution >= 4 is 5.97 Å². The zero-order valence-corrected chi connectivity index (χ0v) is 10.7. The third-order valence-electron chi connectivity index (χ3n) is 4.28. The molecule has 98 valence electrons. The molecule has 2 saturated heterocycles. The number of hydrogen-bond acceptors (Lipinski definition) is 4. The molecule has 0 aromatic carbocycles. The molecule has 0 aromatic rings. The van der Waals surface area contributed by atoms with Crippen LogP contribution in [0.4, 0.5) is 0 Å². The summed E-state index contributed by atoms with van der Waals surface area (Å²) in [6.45, 7) is 5.74. The lowest BCUT2D eigenvalue weighted by molar-refractivity contribution is -0.160. The lowest BCUT2D eigenvalue weighted by Gasteiger charge is -2.48. The number of morpholine rings is 1. The van der Waals surface area contributed by atoms with Gasteiger partial charge in [-0.05, 0) is 26.8 Å². The van der Waals surface area contributed by atoms with E-state index < -0.39 is 11.5 Å². The van der Waals surface area contributed by atoms with E-state index in [-0.39, 0.29) is 0 Å². The molecule has 0 saturated carbocycles. The molecule has 5 nitrogen and oxygen atoms in total. The van der Waals surface area contributed by atoms with Gasteiger partial charge in [-0.15, -0.1) is 0 Å². The van der Waals surface area contributed by atoms with Gasteiger partial charge in [0.2, 0.25) is 0 Å². The van der Waals surface area contributed by atoms with E-state index >= 15 is 0 Å². The first kappa shape index (κ1) is 12.8. The molecule has 0 radical (unpaired) electrons. The van der Waals surface area contributed by atoms with Gasteiger partial charge in [0.25, 0.3) is 0 Å². The molecule has 2 aliphatic rings. The Kier molecular flexibility index (Phi) is 3.70. The van der Waals surface area contributed by atoms with Gasteiger partial charge in [-0.1, -0.05) is 0 Å². The van der Waals surface area contributed by atoms with Crippen LogP contribution in [-0.2, 0) is 9.53 Å². The predicted molar refractivity (Wildman–Crippen MR) is 64.1 cm³/mol. The summed E-state index contributed by atoms with van der Waals surface area (Å²) in [7, 11) is 2.07. The van der Waals surface area contributed by atoms with Crippen molar-refractivity contribution in [2.75, 3.05) is 39.9 Å². The van der Waals surface area contributed by atoms with Crippen LogP contribution in [0.1, 0.15) is 19.8 Å². The molecule has 17 heavy (non-hydrogen) atoms. The van der Waals surface area contributed by atoms with Crippen LogP contribution in [0, 0.1) is 0 Å². The van der Waals surface area contributed by atoms with Gasteiger partial charge in [0.15, 0.2) is 0 Å². The second-order valence-electron chi connectivity index (χ2n) is 5.22. The minimum atomic E-state index is -0.671. The van der Waals surface area contributed by atoms with E-state index in [2.05, 4.69) is 23.8 Å². The molecular formula is C12H22N2O3. The van der Waals surface area contributed by atoms with Crippen molar-refractivity contribution in [3.63, 3.8) is 0 Å². The minimum Gasteiger partial charge on any atom is -0.480 e. The van der Waals surface area contributed by atoms with E-state index in [0.717, 1.165) is 19.6 Å². The van der Waals surface area contributed by atoms with Gasteiger partial charge in [-0.2, -0.15) is 0 Å². The Balaban J connectivity index is 2.17. The fourth-order valence-electron chi connectivity index (χ4n) is 2.94. The van der Waals surface area contributed by atoms with E-state index in [0.29, 0.717) is 32.1 Å². The van der Waals surface area contributed by atoms with E-state index in [1.807, 2.05) is 0 Å². The Morgan fingerprint density at radius 1 is 1.35 bits per heavy atom. The topological polar surface area (TPSA) is 53.0 Å².